The van der Waals surface area contributed by atoms with Crippen molar-refractivity contribution in [1.29, 1.82) is 0 Å². The number of anilines is 3. The summed E-state index contributed by atoms with van der Waals surface area (Å²) in [6, 6.07) is 16.6. The molecule has 4 aromatic heterocycles. The van der Waals surface area contributed by atoms with Crippen LogP contribution in [0.5, 0.6) is 0 Å². The number of imide groups is 2. The number of carbonyl (C=O) groups is 6. The van der Waals surface area contributed by atoms with Gasteiger partial charge in [-0.05, 0) is 107 Å². The van der Waals surface area contributed by atoms with E-state index < -0.39 is 29.7 Å². The van der Waals surface area contributed by atoms with E-state index in [0.29, 0.717) is 104 Å². The summed E-state index contributed by atoms with van der Waals surface area (Å²) in [6.45, 7) is 7.33. The van der Waals surface area contributed by atoms with Crippen LogP contribution in [-0.2, 0) is 25.7 Å². The van der Waals surface area contributed by atoms with Gasteiger partial charge in [-0.25, -0.2) is 19.3 Å². The highest BCUT2D eigenvalue weighted by atomic mass is 19.1. The standard InChI is InChI=1S/C53H57FN14O6/c1-32-59-42-7-6-40(35-11-16-56-45(55)26-35)60-50(42)67(32)37-5-8-43(39(54)27-37)63-21-23-65(24-22-63)48(71)31-62-17-12-33(13-18-62)25-47(70)64-19-14-36(15-20-64)66-30-34(29-58-66)28-57-41-4-2-3-38-49(41)53(74)68(52(38)73)44-9-10-46(69)61-51(44)72/h2-8,11,16,26-27,29-30,33,36,44,57H,9-10,12-15,17-25,28,31H2,1H3,(H2,55,56)(H,61,69,72). The molecule has 0 radical (unpaired) electrons. The van der Waals surface area contributed by atoms with Gasteiger partial charge in [-0.2, -0.15) is 5.10 Å². The number of benzene rings is 2. The highest BCUT2D eigenvalue weighted by Gasteiger charge is 2.45. The lowest BCUT2D eigenvalue weighted by Crippen LogP contribution is -2.54. The number of pyridine rings is 2. The molecule has 1 atom stereocenters. The topological polar surface area (TPSA) is 230 Å². The number of amides is 6. The van der Waals surface area contributed by atoms with E-state index in [1.54, 1.807) is 42.7 Å². The minimum Gasteiger partial charge on any atom is -0.384 e. The van der Waals surface area contributed by atoms with Gasteiger partial charge in [0.05, 0.1) is 47.0 Å². The number of imidazole rings is 1. The van der Waals surface area contributed by atoms with Gasteiger partial charge >= 0.3 is 0 Å². The number of piperidine rings is 3. The molecule has 11 rings (SSSR count). The van der Waals surface area contributed by atoms with Crippen molar-refractivity contribution in [2.24, 2.45) is 5.92 Å². The number of carbonyl (C=O) groups excluding carboxylic acids is 6. The van der Waals surface area contributed by atoms with Crippen LogP contribution in [0.3, 0.4) is 0 Å². The molecular formula is C53H57FN14O6. The molecule has 6 amide bonds. The van der Waals surface area contributed by atoms with Crippen LogP contribution in [0.4, 0.5) is 21.6 Å². The van der Waals surface area contributed by atoms with Gasteiger partial charge in [-0.3, -0.25) is 53.1 Å². The van der Waals surface area contributed by atoms with Crippen LogP contribution in [0, 0.1) is 18.7 Å². The third kappa shape index (κ3) is 9.54. The van der Waals surface area contributed by atoms with Gasteiger partial charge in [-0.15, -0.1) is 0 Å². The summed E-state index contributed by atoms with van der Waals surface area (Å²) in [5.41, 5.74) is 11.6. The van der Waals surface area contributed by atoms with Gasteiger partial charge < -0.3 is 25.8 Å². The smallest absolute Gasteiger partial charge is 0.264 e. The van der Waals surface area contributed by atoms with E-state index in [0.717, 1.165) is 54.8 Å². The van der Waals surface area contributed by atoms with Crippen LogP contribution < -0.4 is 21.3 Å². The Bertz CT molecular complexity index is 3200. The number of nitrogens with zero attached hydrogens (tertiary/aromatic N) is 11. The molecule has 4 N–H and O–H groups in total. The number of nitrogen functional groups attached to an aromatic ring is 1. The molecule has 6 aromatic rings. The van der Waals surface area contributed by atoms with Crippen LogP contribution in [0.15, 0.2) is 79.3 Å². The molecule has 5 aliphatic rings. The number of rotatable bonds is 12. The summed E-state index contributed by atoms with van der Waals surface area (Å²) in [4.78, 5) is 101. The van der Waals surface area contributed by atoms with E-state index in [4.69, 9.17) is 10.7 Å². The van der Waals surface area contributed by atoms with Crippen LogP contribution in [0.2, 0.25) is 0 Å². The molecule has 74 heavy (non-hydrogen) atoms. The van der Waals surface area contributed by atoms with Gasteiger partial charge in [0, 0.05) is 93.9 Å². The SMILES string of the molecule is Cc1nc2ccc(-c3ccnc(N)c3)nc2n1-c1ccc(N2CCN(C(=O)CN3CCC(CC(=O)N4CCC(n5cc(CNc6cccc7c6C(=O)N(C6CCC(=O)NC6=O)C7=O)cn5)CC4)CC3)CC2)c(F)c1. The second-order valence-corrected chi connectivity index (χ2v) is 19.9. The molecule has 5 aliphatic heterocycles. The van der Waals surface area contributed by atoms with Crippen molar-refractivity contribution in [1.82, 2.24) is 54.2 Å². The molecule has 9 heterocycles. The molecule has 0 aliphatic carbocycles. The third-order valence-electron chi connectivity index (χ3n) is 15.2. The number of nitrogens with two attached hydrogens (primary N) is 1. The fraction of sp³-hybridized carbons (Fsp3) is 0.396. The first kappa shape index (κ1) is 48.2. The normalized spacial score (nSPS) is 19.1. The lowest BCUT2D eigenvalue weighted by molar-refractivity contribution is -0.136. The number of likely N-dealkylation sites (tertiary alicyclic amines) is 2. The maximum atomic E-state index is 15.9. The van der Waals surface area contributed by atoms with E-state index >= 15 is 4.39 Å². The van der Waals surface area contributed by atoms with E-state index in [-0.39, 0.29) is 53.6 Å². The Morgan fingerprint density at radius 1 is 0.838 bits per heavy atom. The maximum absolute atomic E-state index is 15.9. The van der Waals surface area contributed by atoms with Crippen molar-refractivity contribution in [3.8, 4) is 16.9 Å². The Kier molecular flexibility index (Phi) is 13.1. The second-order valence-electron chi connectivity index (χ2n) is 19.9. The molecule has 4 fully saturated rings. The average Bonchev–Trinajstić information content (AvgIpc) is 4.09. The Hall–Kier alpha value is -8.07. The van der Waals surface area contributed by atoms with E-state index in [9.17, 15) is 28.8 Å². The van der Waals surface area contributed by atoms with Gasteiger partial charge in [0.15, 0.2) is 5.65 Å². The third-order valence-corrected chi connectivity index (χ3v) is 15.2. The summed E-state index contributed by atoms with van der Waals surface area (Å²) < 4.78 is 19.7. The van der Waals surface area contributed by atoms with Gasteiger partial charge in [0.25, 0.3) is 11.8 Å². The van der Waals surface area contributed by atoms with Crippen molar-refractivity contribution >= 4 is 63.8 Å². The van der Waals surface area contributed by atoms with Gasteiger partial charge in [-0.1, -0.05) is 6.07 Å². The molecule has 0 bridgehead atoms. The predicted octanol–water partition coefficient (Wildman–Crippen LogP) is 4.34. The molecule has 0 spiro atoms. The maximum Gasteiger partial charge on any atom is 0.264 e. The number of hydrogen-bond acceptors (Lipinski definition) is 14. The Morgan fingerprint density at radius 3 is 2.38 bits per heavy atom. The monoisotopic (exact) mass is 1000 g/mol. The number of aryl methyl sites for hydroxylation is 1. The van der Waals surface area contributed by atoms with Crippen molar-refractivity contribution in [3.05, 3.63) is 108 Å². The zero-order valence-corrected chi connectivity index (χ0v) is 41.1. The second kappa shape index (κ2) is 20.1. The van der Waals surface area contributed by atoms with Crippen LogP contribution in [-0.4, -0.2) is 149 Å². The first-order valence-corrected chi connectivity index (χ1v) is 25.4. The minimum absolute atomic E-state index is 0.0492. The van der Waals surface area contributed by atoms with Gasteiger partial charge in [0.1, 0.15) is 29.0 Å². The lowest BCUT2D eigenvalue weighted by Gasteiger charge is -2.38. The van der Waals surface area contributed by atoms with Crippen molar-refractivity contribution in [2.45, 2.75) is 70.5 Å². The number of hydrogen-bond donors (Lipinski definition) is 3. The van der Waals surface area contributed by atoms with Crippen molar-refractivity contribution < 1.29 is 33.2 Å². The zero-order chi connectivity index (χ0) is 51.2. The Balaban J connectivity index is 0.605. The summed E-state index contributed by atoms with van der Waals surface area (Å²) in [7, 11) is 0. The summed E-state index contributed by atoms with van der Waals surface area (Å²) >= 11 is 0. The highest BCUT2D eigenvalue weighted by molar-refractivity contribution is 6.25. The minimum atomic E-state index is -1.04. The van der Waals surface area contributed by atoms with E-state index in [1.807, 2.05) is 61.3 Å². The first-order valence-electron chi connectivity index (χ1n) is 25.4. The van der Waals surface area contributed by atoms with Crippen LogP contribution in [0.1, 0.15) is 83.1 Å². The Labute approximate surface area is 425 Å². The molecule has 20 nitrogen and oxygen atoms in total. The molecule has 382 valence electrons. The molecule has 4 saturated heterocycles. The first-order chi connectivity index (χ1) is 35.8. The highest BCUT2D eigenvalue weighted by Crippen LogP contribution is 2.34. The van der Waals surface area contributed by atoms with Crippen molar-refractivity contribution in [3.63, 3.8) is 0 Å². The number of piperazine rings is 1. The Morgan fingerprint density at radius 2 is 1.62 bits per heavy atom. The van der Waals surface area contributed by atoms with Crippen LogP contribution >= 0.6 is 0 Å². The predicted molar refractivity (Wildman–Crippen MR) is 271 cm³/mol. The lowest BCUT2D eigenvalue weighted by atomic mass is 9.92. The van der Waals surface area contributed by atoms with Gasteiger partial charge in [0.2, 0.25) is 23.6 Å². The quantitative estimate of drug-likeness (QED) is 0.145. The van der Waals surface area contributed by atoms with E-state index in [1.165, 1.54) is 6.07 Å². The summed E-state index contributed by atoms with van der Waals surface area (Å²) in [5, 5.41) is 10.1. The summed E-state index contributed by atoms with van der Waals surface area (Å²) in [6.07, 6.45) is 9.22. The molecule has 0 saturated carbocycles. The average molecular weight is 1010 g/mol. The molecule has 21 heteroatoms. The van der Waals surface area contributed by atoms with Crippen LogP contribution in [0.25, 0.3) is 28.1 Å². The molecule has 2 aromatic carbocycles. The molecule has 1 unspecified atom stereocenters. The fourth-order valence-corrected chi connectivity index (χ4v) is 11.2. The van der Waals surface area contributed by atoms with E-state index in [2.05, 4.69) is 30.6 Å². The van der Waals surface area contributed by atoms with Crippen molar-refractivity contribution in [2.75, 3.05) is 74.9 Å². The largest absolute Gasteiger partial charge is 0.384 e. The fourth-order valence-electron chi connectivity index (χ4n) is 11.2. The summed E-state index contributed by atoms with van der Waals surface area (Å²) in [5.74, 6) is -1.00. The zero-order valence-electron chi connectivity index (χ0n) is 41.1. The molecular weight excluding hydrogens is 948 g/mol. The number of fused-ring (bicyclic) bond motifs is 2. The number of nitrogens with one attached hydrogen (secondary N) is 2. The number of halogens is 1. The number of aromatic nitrogens is 6.